The van der Waals surface area contributed by atoms with Crippen LogP contribution in [0.5, 0.6) is 0 Å². The topological polar surface area (TPSA) is 95.1 Å². The number of anilines is 1. The molecule has 23 heavy (non-hydrogen) atoms. The molecule has 1 heterocycles. The molecule has 0 aliphatic rings. The molecule has 0 atom stereocenters. The Labute approximate surface area is 136 Å². The molecule has 0 aliphatic carbocycles. The fourth-order valence-corrected chi connectivity index (χ4v) is 2.54. The molecule has 0 aliphatic heterocycles. The zero-order valence-electron chi connectivity index (χ0n) is 11.8. The molecule has 0 saturated heterocycles. The van der Waals surface area contributed by atoms with E-state index in [1.807, 2.05) is 24.3 Å². The van der Waals surface area contributed by atoms with Crippen molar-refractivity contribution in [2.75, 3.05) is 5.32 Å². The maximum Gasteiger partial charge on any atom is 0.335 e. The van der Waals surface area contributed by atoms with E-state index in [0.717, 1.165) is 10.9 Å². The SMILES string of the molecule is O=C(Cc1[nH]nc2ccccc12)Nc1cc(Cl)cc(C(=O)O)c1. The summed E-state index contributed by atoms with van der Waals surface area (Å²) in [7, 11) is 0. The zero-order valence-corrected chi connectivity index (χ0v) is 12.6. The Bertz CT molecular complexity index is 904. The summed E-state index contributed by atoms with van der Waals surface area (Å²) < 4.78 is 0. The number of aromatic carboxylic acids is 1. The number of aromatic nitrogens is 2. The molecule has 6 nitrogen and oxygen atoms in total. The summed E-state index contributed by atoms with van der Waals surface area (Å²) in [5.74, 6) is -1.40. The van der Waals surface area contributed by atoms with Crippen molar-refractivity contribution in [3.05, 3.63) is 58.7 Å². The molecule has 3 N–H and O–H groups in total. The molecule has 3 rings (SSSR count). The minimum atomic E-state index is -1.11. The number of fused-ring (bicyclic) bond motifs is 1. The predicted molar refractivity (Wildman–Crippen MR) is 86.8 cm³/mol. The lowest BCUT2D eigenvalue weighted by atomic mass is 10.1. The minimum Gasteiger partial charge on any atom is -0.478 e. The molecule has 0 spiro atoms. The maximum absolute atomic E-state index is 12.2. The van der Waals surface area contributed by atoms with E-state index in [1.54, 1.807) is 0 Å². The molecule has 7 heteroatoms. The van der Waals surface area contributed by atoms with Gasteiger partial charge >= 0.3 is 5.97 Å². The summed E-state index contributed by atoms with van der Waals surface area (Å²) in [5.41, 5.74) is 1.83. The van der Waals surface area contributed by atoms with Crippen LogP contribution in [-0.4, -0.2) is 27.2 Å². The van der Waals surface area contributed by atoms with Crippen molar-refractivity contribution in [2.45, 2.75) is 6.42 Å². The Balaban J connectivity index is 1.78. The van der Waals surface area contributed by atoms with Crippen LogP contribution in [0.15, 0.2) is 42.5 Å². The Morgan fingerprint density at radius 3 is 2.78 bits per heavy atom. The molecular weight excluding hydrogens is 318 g/mol. The van der Waals surface area contributed by atoms with E-state index in [4.69, 9.17) is 16.7 Å². The van der Waals surface area contributed by atoms with Gasteiger partial charge in [-0.25, -0.2) is 4.79 Å². The lowest BCUT2D eigenvalue weighted by molar-refractivity contribution is -0.115. The lowest BCUT2D eigenvalue weighted by Crippen LogP contribution is -2.15. The summed E-state index contributed by atoms with van der Waals surface area (Å²) in [6, 6.07) is 11.6. The van der Waals surface area contributed by atoms with Gasteiger partial charge in [-0.3, -0.25) is 9.89 Å². The smallest absolute Gasteiger partial charge is 0.335 e. The van der Waals surface area contributed by atoms with Crippen LogP contribution >= 0.6 is 11.6 Å². The summed E-state index contributed by atoms with van der Waals surface area (Å²) in [6.45, 7) is 0. The maximum atomic E-state index is 12.2. The van der Waals surface area contributed by atoms with Crippen molar-refractivity contribution in [1.29, 1.82) is 0 Å². The summed E-state index contributed by atoms with van der Waals surface area (Å²) in [5, 5.41) is 19.7. The zero-order chi connectivity index (χ0) is 16.4. The highest BCUT2D eigenvalue weighted by atomic mass is 35.5. The van der Waals surface area contributed by atoms with Crippen LogP contribution in [-0.2, 0) is 11.2 Å². The van der Waals surface area contributed by atoms with Gasteiger partial charge in [0.15, 0.2) is 0 Å². The van der Waals surface area contributed by atoms with Crippen molar-refractivity contribution < 1.29 is 14.7 Å². The Morgan fingerprint density at radius 2 is 2.00 bits per heavy atom. The third-order valence-electron chi connectivity index (χ3n) is 3.31. The van der Waals surface area contributed by atoms with Crippen LogP contribution in [0.1, 0.15) is 16.1 Å². The number of carboxylic acids is 1. The second-order valence-electron chi connectivity index (χ2n) is 4.98. The van der Waals surface area contributed by atoms with E-state index < -0.39 is 5.97 Å². The number of aromatic amines is 1. The van der Waals surface area contributed by atoms with E-state index in [-0.39, 0.29) is 22.9 Å². The number of hydrogen-bond acceptors (Lipinski definition) is 3. The number of para-hydroxylation sites is 1. The normalized spacial score (nSPS) is 10.7. The molecular formula is C16H12ClN3O3. The van der Waals surface area contributed by atoms with Gasteiger partial charge in [0.25, 0.3) is 0 Å². The Hall–Kier alpha value is -2.86. The molecule has 116 valence electrons. The first-order valence-electron chi connectivity index (χ1n) is 6.78. The first-order valence-corrected chi connectivity index (χ1v) is 7.16. The number of nitrogens with zero attached hydrogens (tertiary/aromatic N) is 1. The van der Waals surface area contributed by atoms with Crippen molar-refractivity contribution in [1.82, 2.24) is 10.2 Å². The molecule has 0 fully saturated rings. The van der Waals surface area contributed by atoms with Crippen LogP contribution in [0.25, 0.3) is 10.9 Å². The second kappa shape index (κ2) is 6.10. The second-order valence-corrected chi connectivity index (χ2v) is 5.41. The number of halogens is 1. The number of nitrogens with one attached hydrogen (secondary N) is 2. The van der Waals surface area contributed by atoms with Gasteiger partial charge < -0.3 is 10.4 Å². The summed E-state index contributed by atoms with van der Waals surface area (Å²) in [6.07, 6.45) is 0.0927. The predicted octanol–water partition coefficient (Wildman–Crippen LogP) is 3.10. The van der Waals surface area contributed by atoms with Gasteiger partial charge in [0, 0.05) is 16.1 Å². The van der Waals surface area contributed by atoms with E-state index in [0.29, 0.717) is 11.4 Å². The lowest BCUT2D eigenvalue weighted by Gasteiger charge is -2.06. The minimum absolute atomic E-state index is 0.0137. The fourth-order valence-electron chi connectivity index (χ4n) is 2.30. The Morgan fingerprint density at radius 1 is 1.22 bits per heavy atom. The monoisotopic (exact) mass is 329 g/mol. The Kier molecular flexibility index (Phi) is 3.99. The number of benzene rings is 2. The van der Waals surface area contributed by atoms with Crippen LogP contribution in [0.4, 0.5) is 5.69 Å². The number of carbonyl (C=O) groups excluding carboxylic acids is 1. The number of hydrogen-bond donors (Lipinski definition) is 3. The third-order valence-corrected chi connectivity index (χ3v) is 3.52. The molecule has 0 saturated carbocycles. The number of carboxylic acid groups (broad SMARTS) is 1. The quantitative estimate of drug-likeness (QED) is 0.685. The molecule has 3 aromatic rings. The number of H-pyrrole nitrogens is 1. The van der Waals surface area contributed by atoms with Crippen LogP contribution in [0, 0.1) is 0 Å². The van der Waals surface area contributed by atoms with Crippen LogP contribution in [0.2, 0.25) is 5.02 Å². The van der Waals surface area contributed by atoms with Crippen LogP contribution in [0.3, 0.4) is 0 Å². The first-order chi connectivity index (χ1) is 11.0. The summed E-state index contributed by atoms with van der Waals surface area (Å²) >= 11 is 5.87. The van der Waals surface area contributed by atoms with Crippen molar-refractivity contribution in [3.63, 3.8) is 0 Å². The van der Waals surface area contributed by atoms with Crippen molar-refractivity contribution >= 4 is 40.1 Å². The van der Waals surface area contributed by atoms with Crippen LogP contribution < -0.4 is 5.32 Å². The van der Waals surface area contributed by atoms with E-state index >= 15 is 0 Å². The highest BCUT2D eigenvalue weighted by Gasteiger charge is 2.12. The van der Waals surface area contributed by atoms with Gasteiger partial charge in [-0.2, -0.15) is 5.10 Å². The van der Waals surface area contributed by atoms with E-state index in [9.17, 15) is 9.59 Å². The highest BCUT2D eigenvalue weighted by molar-refractivity contribution is 6.31. The average molecular weight is 330 g/mol. The molecule has 1 amide bonds. The fraction of sp³-hybridized carbons (Fsp3) is 0.0625. The molecule has 2 aromatic carbocycles. The van der Waals surface area contributed by atoms with Gasteiger partial charge in [-0.15, -0.1) is 0 Å². The van der Waals surface area contributed by atoms with Gasteiger partial charge in [0.05, 0.1) is 23.2 Å². The van der Waals surface area contributed by atoms with E-state index in [1.165, 1.54) is 18.2 Å². The van der Waals surface area contributed by atoms with E-state index in [2.05, 4.69) is 15.5 Å². The van der Waals surface area contributed by atoms with Gasteiger partial charge in [-0.05, 0) is 24.3 Å². The third kappa shape index (κ3) is 3.32. The standard InChI is InChI=1S/C16H12ClN3O3/c17-10-5-9(16(22)23)6-11(7-10)18-15(21)8-14-12-3-1-2-4-13(12)19-20-14/h1-7H,8H2,(H,18,21)(H,19,20)(H,22,23). The molecule has 0 bridgehead atoms. The average Bonchev–Trinajstić information content (AvgIpc) is 2.90. The summed E-state index contributed by atoms with van der Waals surface area (Å²) in [4.78, 5) is 23.2. The number of rotatable bonds is 4. The number of amides is 1. The van der Waals surface area contributed by atoms with Gasteiger partial charge in [0.2, 0.25) is 5.91 Å². The first kappa shape index (κ1) is 15.1. The molecule has 1 aromatic heterocycles. The molecule has 0 unspecified atom stereocenters. The van der Waals surface area contributed by atoms with Gasteiger partial charge in [0.1, 0.15) is 0 Å². The number of carbonyl (C=O) groups is 2. The largest absolute Gasteiger partial charge is 0.478 e. The van der Waals surface area contributed by atoms with Crippen molar-refractivity contribution in [3.8, 4) is 0 Å². The van der Waals surface area contributed by atoms with Crippen molar-refractivity contribution in [2.24, 2.45) is 0 Å². The van der Waals surface area contributed by atoms with Gasteiger partial charge in [-0.1, -0.05) is 29.8 Å². The molecule has 0 radical (unpaired) electrons. The highest BCUT2D eigenvalue weighted by Crippen LogP contribution is 2.20.